The number of fused-ring (bicyclic) bond motifs is 1. The topological polar surface area (TPSA) is 126 Å². The first-order valence-corrected chi connectivity index (χ1v) is 18.1. The van der Waals surface area contributed by atoms with Gasteiger partial charge in [0.05, 0.1) is 41.1 Å². The van der Waals surface area contributed by atoms with Crippen molar-refractivity contribution in [2.75, 3.05) is 65.6 Å². The minimum Gasteiger partial charge on any atom is -0.379 e. The van der Waals surface area contributed by atoms with Gasteiger partial charge in [0, 0.05) is 73.6 Å². The van der Waals surface area contributed by atoms with E-state index >= 15 is 0 Å². The molecule has 6 rings (SSSR count). The molecule has 2 saturated heterocycles. The minimum absolute atomic E-state index is 0.240. The number of primary amides is 1. The van der Waals surface area contributed by atoms with Crippen LogP contribution < -0.4 is 11.1 Å². The third kappa shape index (κ3) is 8.86. The number of hydrogen-bond donors (Lipinski definition) is 2. The average Bonchev–Trinajstić information content (AvgIpc) is 3.50. The molecule has 1 aromatic heterocycles. The summed E-state index contributed by atoms with van der Waals surface area (Å²) >= 11 is 13.0. The molecule has 0 spiro atoms. The van der Waals surface area contributed by atoms with Crippen LogP contribution >= 0.6 is 23.2 Å². The molecule has 3 aromatic rings. The van der Waals surface area contributed by atoms with Gasteiger partial charge in [-0.25, -0.2) is 0 Å². The maximum absolute atomic E-state index is 13.0. The summed E-state index contributed by atoms with van der Waals surface area (Å²) in [6.45, 7) is 9.03. The molecule has 0 atom stereocenters. The summed E-state index contributed by atoms with van der Waals surface area (Å²) in [5.41, 5.74) is 10.4. The maximum Gasteiger partial charge on any atom is 0.311 e. The summed E-state index contributed by atoms with van der Waals surface area (Å²) in [6, 6.07) is 10.7. The molecule has 264 valence electrons. The molecular formula is C37H43Cl2N7O4. The van der Waals surface area contributed by atoms with Crippen LogP contribution in [-0.2, 0) is 33.8 Å². The fraction of sp³-hybridized carbons (Fsp3) is 0.459. The van der Waals surface area contributed by atoms with E-state index in [2.05, 4.69) is 31.6 Å². The van der Waals surface area contributed by atoms with Crippen molar-refractivity contribution in [1.82, 2.24) is 29.8 Å². The number of aryl methyl sites for hydroxylation is 1. The van der Waals surface area contributed by atoms with Gasteiger partial charge in [-0.3, -0.25) is 24.0 Å². The quantitative estimate of drug-likeness (QED) is 0.256. The van der Waals surface area contributed by atoms with E-state index in [9.17, 15) is 14.4 Å². The lowest BCUT2D eigenvalue weighted by molar-refractivity contribution is -0.144. The van der Waals surface area contributed by atoms with E-state index in [0.29, 0.717) is 59.5 Å². The number of carbonyl (C=O) groups excluding carboxylic acids is 3. The number of nitrogens with one attached hydrogen (secondary N) is 1. The second kappa shape index (κ2) is 16.9. The minimum atomic E-state index is -0.969. The Morgan fingerprint density at radius 3 is 2.42 bits per heavy atom. The third-order valence-electron chi connectivity index (χ3n) is 9.53. The van der Waals surface area contributed by atoms with E-state index in [-0.39, 0.29) is 12.5 Å². The molecule has 0 aliphatic carbocycles. The number of likely N-dealkylation sites (tertiary alicyclic amines) is 1. The van der Waals surface area contributed by atoms with Crippen molar-refractivity contribution < 1.29 is 19.1 Å². The molecule has 2 fully saturated rings. The highest BCUT2D eigenvalue weighted by molar-refractivity contribution is 6.34. The van der Waals surface area contributed by atoms with Gasteiger partial charge in [-0.1, -0.05) is 47.5 Å². The van der Waals surface area contributed by atoms with Gasteiger partial charge in [0.1, 0.15) is 0 Å². The van der Waals surface area contributed by atoms with Crippen LogP contribution in [0.3, 0.4) is 0 Å². The maximum atomic E-state index is 13.0. The van der Waals surface area contributed by atoms with Crippen LogP contribution in [0.1, 0.15) is 58.4 Å². The smallest absolute Gasteiger partial charge is 0.311 e. The normalized spacial score (nSPS) is 16.7. The van der Waals surface area contributed by atoms with Crippen LogP contribution in [0.15, 0.2) is 36.4 Å². The number of carbonyl (C=O) groups is 3. The SMILES string of the molecule is NC(=O)C(=O)N1CCc2c(c(-c3ccc(Cl)c(C#Cc4ccc(Cl)c(C(=O)NCCN5CCOCC5)c4)c3)nn2CCCN2CCCCC2)C1. The first-order valence-electron chi connectivity index (χ1n) is 17.4. The predicted octanol–water partition coefficient (Wildman–Crippen LogP) is 3.56. The number of nitrogens with zero attached hydrogens (tertiary/aromatic N) is 5. The van der Waals surface area contributed by atoms with Crippen LogP contribution in [0.25, 0.3) is 11.3 Å². The lowest BCUT2D eigenvalue weighted by Crippen LogP contribution is -2.43. The van der Waals surface area contributed by atoms with Crippen molar-refractivity contribution in [3.8, 4) is 23.1 Å². The highest BCUT2D eigenvalue weighted by atomic mass is 35.5. The van der Waals surface area contributed by atoms with Crippen LogP contribution in [-0.4, -0.2) is 108 Å². The van der Waals surface area contributed by atoms with Gasteiger partial charge in [-0.05, 0) is 69.2 Å². The van der Waals surface area contributed by atoms with Crippen LogP contribution in [0.5, 0.6) is 0 Å². The number of rotatable bonds is 9. The molecule has 2 aromatic carbocycles. The van der Waals surface area contributed by atoms with Crippen LogP contribution in [0.4, 0.5) is 0 Å². The lowest BCUT2D eigenvalue weighted by Gasteiger charge is -2.27. The highest BCUT2D eigenvalue weighted by Gasteiger charge is 2.30. The Bertz CT molecular complexity index is 1790. The van der Waals surface area contributed by atoms with E-state index < -0.39 is 11.8 Å². The Morgan fingerprint density at radius 1 is 0.880 bits per heavy atom. The summed E-state index contributed by atoms with van der Waals surface area (Å²) in [5, 5.41) is 8.83. The van der Waals surface area contributed by atoms with Gasteiger partial charge in [0.2, 0.25) is 0 Å². The van der Waals surface area contributed by atoms with Gasteiger partial charge in [0.25, 0.3) is 5.91 Å². The molecule has 13 heteroatoms. The lowest BCUT2D eigenvalue weighted by atomic mass is 9.99. The zero-order valence-corrected chi connectivity index (χ0v) is 29.7. The van der Waals surface area contributed by atoms with Gasteiger partial charge in [0.15, 0.2) is 0 Å². The Kier molecular flexibility index (Phi) is 12.1. The predicted molar refractivity (Wildman–Crippen MR) is 193 cm³/mol. The third-order valence-corrected chi connectivity index (χ3v) is 10.2. The van der Waals surface area contributed by atoms with E-state index in [1.165, 1.54) is 24.2 Å². The number of halogens is 2. The number of aromatic nitrogens is 2. The Hall–Kier alpha value is -3.92. The molecule has 0 bridgehead atoms. The summed E-state index contributed by atoms with van der Waals surface area (Å²) in [7, 11) is 0. The second-order valence-electron chi connectivity index (χ2n) is 12.9. The molecule has 50 heavy (non-hydrogen) atoms. The molecule has 0 radical (unpaired) electrons. The van der Waals surface area contributed by atoms with Gasteiger partial charge >= 0.3 is 11.8 Å². The van der Waals surface area contributed by atoms with Crippen molar-refractivity contribution >= 4 is 40.9 Å². The van der Waals surface area contributed by atoms with Crippen molar-refractivity contribution in [2.45, 2.75) is 45.2 Å². The van der Waals surface area contributed by atoms with E-state index in [4.69, 9.17) is 38.8 Å². The number of amides is 3. The summed E-state index contributed by atoms with van der Waals surface area (Å²) in [6.07, 6.45) is 5.33. The second-order valence-corrected chi connectivity index (χ2v) is 13.8. The Morgan fingerprint density at radius 2 is 1.64 bits per heavy atom. The molecule has 0 saturated carbocycles. The molecular weight excluding hydrogens is 677 g/mol. The van der Waals surface area contributed by atoms with Crippen LogP contribution in [0.2, 0.25) is 10.0 Å². The molecule has 0 unspecified atom stereocenters. The zero-order valence-electron chi connectivity index (χ0n) is 28.2. The number of nitrogens with two attached hydrogens (primary N) is 1. The summed E-state index contributed by atoms with van der Waals surface area (Å²) in [4.78, 5) is 43.6. The number of hydrogen-bond acceptors (Lipinski definition) is 7. The van der Waals surface area contributed by atoms with E-state index in [1.54, 1.807) is 24.3 Å². The monoisotopic (exact) mass is 719 g/mol. The Balaban J connectivity index is 1.21. The van der Waals surface area contributed by atoms with Crippen LogP contribution in [0, 0.1) is 11.8 Å². The molecule has 3 N–H and O–H groups in total. The fourth-order valence-electron chi connectivity index (χ4n) is 6.80. The van der Waals surface area contributed by atoms with Gasteiger partial charge in [-0.2, -0.15) is 5.10 Å². The average molecular weight is 721 g/mol. The fourth-order valence-corrected chi connectivity index (χ4v) is 7.16. The Labute approximate surface area is 303 Å². The molecule has 11 nitrogen and oxygen atoms in total. The van der Waals surface area contributed by atoms with Crippen molar-refractivity contribution in [3.05, 3.63) is 74.4 Å². The first-order chi connectivity index (χ1) is 24.3. The molecule has 3 aliphatic rings. The highest BCUT2D eigenvalue weighted by Crippen LogP contribution is 2.32. The standard InChI is InChI=1S/C37H43Cl2N7O4/c38-31-10-8-28(24-27(31)7-5-26-6-9-32(39)29(23-26)36(48)41-12-18-44-19-21-50-22-20-44)34-30-25-45(37(49)35(40)47)17-11-33(30)46(42-34)16-4-15-43-13-2-1-3-14-43/h6,8-10,23-24H,1-4,11-22,25H2,(H2,40,47)(H,41,48). The van der Waals surface area contributed by atoms with Gasteiger partial charge in [-0.15, -0.1) is 0 Å². The summed E-state index contributed by atoms with van der Waals surface area (Å²) in [5.74, 6) is 4.39. The number of morpholine rings is 1. The number of ether oxygens (including phenoxy) is 1. The van der Waals surface area contributed by atoms with E-state index in [0.717, 1.165) is 74.7 Å². The first kappa shape index (κ1) is 35.9. The zero-order chi connectivity index (χ0) is 35.0. The summed E-state index contributed by atoms with van der Waals surface area (Å²) < 4.78 is 7.45. The molecule has 3 amide bonds. The van der Waals surface area contributed by atoms with Crippen molar-refractivity contribution in [1.29, 1.82) is 0 Å². The van der Waals surface area contributed by atoms with Gasteiger partial charge < -0.3 is 25.6 Å². The number of benzene rings is 2. The van der Waals surface area contributed by atoms with E-state index in [1.807, 2.05) is 12.1 Å². The number of piperidine rings is 1. The molecule has 3 aliphatic heterocycles. The van der Waals surface area contributed by atoms with Crippen molar-refractivity contribution in [3.63, 3.8) is 0 Å². The largest absolute Gasteiger partial charge is 0.379 e. The van der Waals surface area contributed by atoms with Crippen molar-refractivity contribution in [2.24, 2.45) is 5.73 Å². The molecule has 4 heterocycles.